The standard InChI is InChI=1S/C12H20N2O/c1-8(2)13-12(15)7-11-6-9(3)14(5)10(11)4/h6,8H,7H2,1-5H3,(H,13,15). The molecule has 0 aliphatic carbocycles. The smallest absolute Gasteiger partial charge is 0.224 e. The molecule has 3 nitrogen and oxygen atoms in total. The molecule has 0 atom stereocenters. The molecule has 1 aromatic rings. The lowest BCUT2D eigenvalue weighted by molar-refractivity contribution is -0.120. The summed E-state index contributed by atoms with van der Waals surface area (Å²) in [5.74, 6) is 0.0960. The van der Waals surface area contributed by atoms with E-state index in [1.165, 1.54) is 11.4 Å². The van der Waals surface area contributed by atoms with Crippen LogP contribution in [0.4, 0.5) is 0 Å². The van der Waals surface area contributed by atoms with E-state index in [1.807, 2.05) is 27.8 Å². The van der Waals surface area contributed by atoms with E-state index in [0.717, 1.165) is 5.56 Å². The molecule has 0 aliphatic heterocycles. The Balaban J connectivity index is 2.73. The quantitative estimate of drug-likeness (QED) is 0.806. The van der Waals surface area contributed by atoms with Gasteiger partial charge in [0.1, 0.15) is 0 Å². The van der Waals surface area contributed by atoms with Crippen LogP contribution in [0, 0.1) is 13.8 Å². The Morgan fingerprint density at radius 2 is 2.07 bits per heavy atom. The lowest BCUT2D eigenvalue weighted by atomic mass is 10.1. The van der Waals surface area contributed by atoms with E-state index in [-0.39, 0.29) is 11.9 Å². The third-order valence-electron chi connectivity index (χ3n) is 2.68. The van der Waals surface area contributed by atoms with Crippen molar-refractivity contribution in [2.45, 2.75) is 40.2 Å². The maximum Gasteiger partial charge on any atom is 0.224 e. The van der Waals surface area contributed by atoms with Crippen molar-refractivity contribution in [3.8, 4) is 0 Å². The van der Waals surface area contributed by atoms with Crippen LogP contribution >= 0.6 is 0 Å². The van der Waals surface area contributed by atoms with Gasteiger partial charge >= 0.3 is 0 Å². The molecule has 0 unspecified atom stereocenters. The number of nitrogens with one attached hydrogen (secondary N) is 1. The van der Waals surface area contributed by atoms with Crippen molar-refractivity contribution in [2.24, 2.45) is 7.05 Å². The van der Waals surface area contributed by atoms with Crippen molar-refractivity contribution in [1.29, 1.82) is 0 Å². The first-order valence-corrected chi connectivity index (χ1v) is 5.33. The monoisotopic (exact) mass is 208 g/mol. The van der Waals surface area contributed by atoms with Crippen LogP contribution in [0.25, 0.3) is 0 Å². The fourth-order valence-electron chi connectivity index (χ4n) is 1.66. The molecule has 0 radical (unpaired) electrons. The van der Waals surface area contributed by atoms with E-state index < -0.39 is 0 Å². The van der Waals surface area contributed by atoms with Crippen molar-refractivity contribution in [3.63, 3.8) is 0 Å². The number of amides is 1. The summed E-state index contributed by atoms with van der Waals surface area (Å²) >= 11 is 0. The van der Waals surface area contributed by atoms with Crippen molar-refractivity contribution in [2.75, 3.05) is 0 Å². The first-order chi connectivity index (χ1) is 6.91. The van der Waals surface area contributed by atoms with E-state index in [4.69, 9.17) is 0 Å². The Morgan fingerprint density at radius 1 is 1.47 bits per heavy atom. The predicted molar refractivity (Wildman–Crippen MR) is 61.9 cm³/mol. The molecule has 1 N–H and O–H groups in total. The largest absolute Gasteiger partial charge is 0.354 e. The Hall–Kier alpha value is -1.25. The second kappa shape index (κ2) is 4.51. The van der Waals surface area contributed by atoms with Crippen LogP contribution < -0.4 is 5.32 Å². The van der Waals surface area contributed by atoms with Crippen LogP contribution in [-0.4, -0.2) is 16.5 Å². The highest BCUT2D eigenvalue weighted by Crippen LogP contribution is 2.13. The maximum absolute atomic E-state index is 11.6. The summed E-state index contributed by atoms with van der Waals surface area (Å²) in [5, 5.41) is 2.90. The first kappa shape index (κ1) is 11.8. The second-order valence-electron chi connectivity index (χ2n) is 4.35. The topological polar surface area (TPSA) is 34.0 Å². The lowest BCUT2D eigenvalue weighted by Gasteiger charge is -2.08. The molecule has 1 heterocycles. The molecule has 0 bridgehead atoms. The average molecular weight is 208 g/mol. The van der Waals surface area contributed by atoms with Crippen molar-refractivity contribution in [3.05, 3.63) is 23.0 Å². The normalized spacial score (nSPS) is 10.8. The average Bonchev–Trinajstić information content (AvgIpc) is 2.32. The van der Waals surface area contributed by atoms with Gasteiger partial charge in [-0.15, -0.1) is 0 Å². The molecule has 3 heteroatoms. The number of aryl methyl sites for hydroxylation is 1. The SMILES string of the molecule is Cc1cc(CC(=O)NC(C)C)c(C)n1C. The van der Waals surface area contributed by atoms with Gasteiger partial charge in [-0.2, -0.15) is 0 Å². The third kappa shape index (κ3) is 2.85. The van der Waals surface area contributed by atoms with Crippen molar-refractivity contribution < 1.29 is 4.79 Å². The van der Waals surface area contributed by atoms with Gasteiger partial charge in [-0.3, -0.25) is 4.79 Å². The van der Waals surface area contributed by atoms with Crippen molar-refractivity contribution in [1.82, 2.24) is 9.88 Å². The number of carbonyl (C=O) groups excluding carboxylic acids is 1. The number of rotatable bonds is 3. The highest BCUT2D eigenvalue weighted by molar-refractivity contribution is 5.79. The minimum Gasteiger partial charge on any atom is -0.354 e. The molecule has 0 saturated heterocycles. The molecule has 1 aromatic heterocycles. The highest BCUT2D eigenvalue weighted by atomic mass is 16.1. The fourth-order valence-corrected chi connectivity index (χ4v) is 1.66. The van der Waals surface area contributed by atoms with Gasteiger partial charge in [0.15, 0.2) is 0 Å². The van der Waals surface area contributed by atoms with Crippen LogP contribution in [0.5, 0.6) is 0 Å². The third-order valence-corrected chi connectivity index (χ3v) is 2.68. The summed E-state index contributed by atoms with van der Waals surface area (Å²) in [6.45, 7) is 8.05. The number of nitrogens with zero attached hydrogens (tertiary/aromatic N) is 1. The van der Waals surface area contributed by atoms with Gasteiger partial charge in [0.2, 0.25) is 5.91 Å². The van der Waals surface area contributed by atoms with Crippen molar-refractivity contribution >= 4 is 5.91 Å². The molecule has 84 valence electrons. The van der Waals surface area contributed by atoms with Gasteiger partial charge in [-0.1, -0.05) is 0 Å². The summed E-state index contributed by atoms with van der Waals surface area (Å²) < 4.78 is 2.11. The first-order valence-electron chi connectivity index (χ1n) is 5.33. The summed E-state index contributed by atoms with van der Waals surface area (Å²) in [4.78, 5) is 11.6. The van der Waals surface area contributed by atoms with Gasteiger partial charge in [0.25, 0.3) is 0 Å². The Morgan fingerprint density at radius 3 is 2.47 bits per heavy atom. The Labute approximate surface area is 91.5 Å². The maximum atomic E-state index is 11.6. The Kier molecular flexibility index (Phi) is 3.56. The second-order valence-corrected chi connectivity index (χ2v) is 4.35. The van der Waals surface area contributed by atoms with Crippen LogP contribution in [0.3, 0.4) is 0 Å². The van der Waals surface area contributed by atoms with Gasteiger partial charge in [-0.25, -0.2) is 0 Å². The predicted octanol–water partition coefficient (Wildman–Crippen LogP) is 1.71. The van der Waals surface area contributed by atoms with Crippen LogP contribution in [0.1, 0.15) is 30.8 Å². The summed E-state index contributed by atoms with van der Waals surface area (Å²) in [6.07, 6.45) is 0.478. The molecule has 0 fully saturated rings. The van der Waals surface area contributed by atoms with E-state index in [1.54, 1.807) is 0 Å². The molecular weight excluding hydrogens is 188 g/mol. The summed E-state index contributed by atoms with van der Waals surface area (Å²) in [5.41, 5.74) is 3.49. The lowest BCUT2D eigenvalue weighted by Crippen LogP contribution is -2.31. The van der Waals surface area contributed by atoms with Crippen LogP contribution in [-0.2, 0) is 18.3 Å². The van der Waals surface area contributed by atoms with Gasteiger partial charge < -0.3 is 9.88 Å². The molecule has 0 spiro atoms. The molecule has 15 heavy (non-hydrogen) atoms. The summed E-state index contributed by atoms with van der Waals surface area (Å²) in [7, 11) is 2.02. The fraction of sp³-hybridized carbons (Fsp3) is 0.583. The zero-order chi connectivity index (χ0) is 11.6. The number of hydrogen-bond donors (Lipinski definition) is 1. The van der Waals surface area contributed by atoms with E-state index in [9.17, 15) is 4.79 Å². The zero-order valence-corrected chi connectivity index (χ0v) is 10.2. The minimum atomic E-state index is 0.0960. The molecular formula is C12H20N2O. The molecule has 0 aliphatic rings. The van der Waals surface area contributed by atoms with E-state index in [0.29, 0.717) is 6.42 Å². The highest BCUT2D eigenvalue weighted by Gasteiger charge is 2.10. The molecule has 1 amide bonds. The van der Waals surface area contributed by atoms with Crippen LogP contribution in [0.15, 0.2) is 6.07 Å². The van der Waals surface area contributed by atoms with Gasteiger partial charge in [-0.05, 0) is 39.3 Å². The van der Waals surface area contributed by atoms with Gasteiger partial charge in [0, 0.05) is 24.5 Å². The number of aromatic nitrogens is 1. The minimum absolute atomic E-state index is 0.0960. The zero-order valence-electron chi connectivity index (χ0n) is 10.2. The molecule has 0 aromatic carbocycles. The Bertz CT molecular complexity index is 364. The number of hydrogen-bond acceptors (Lipinski definition) is 1. The van der Waals surface area contributed by atoms with E-state index >= 15 is 0 Å². The van der Waals surface area contributed by atoms with Gasteiger partial charge in [0.05, 0.1) is 6.42 Å². The molecule has 0 saturated carbocycles. The van der Waals surface area contributed by atoms with Crippen LogP contribution in [0.2, 0.25) is 0 Å². The molecule has 1 rings (SSSR count). The summed E-state index contributed by atoms with van der Waals surface area (Å²) in [6, 6.07) is 2.29. The number of carbonyl (C=O) groups is 1. The van der Waals surface area contributed by atoms with E-state index in [2.05, 4.69) is 22.9 Å².